The third-order valence-electron chi connectivity index (χ3n) is 2.31. The second kappa shape index (κ2) is 4.30. The zero-order chi connectivity index (χ0) is 12.5. The average molecular weight is 264 g/mol. The summed E-state index contributed by atoms with van der Waals surface area (Å²) in [5, 5.41) is 1.83. The highest BCUT2D eigenvalue weighted by atomic mass is 32.1. The van der Waals surface area contributed by atoms with E-state index in [1.54, 1.807) is 6.07 Å². The quantitative estimate of drug-likeness (QED) is 0.706. The van der Waals surface area contributed by atoms with Gasteiger partial charge in [0.2, 0.25) is 5.88 Å². The molecule has 0 saturated heterocycles. The van der Waals surface area contributed by atoms with Crippen molar-refractivity contribution in [2.75, 3.05) is 0 Å². The minimum absolute atomic E-state index is 0.191. The number of rotatable bonds is 2. The molecule has 0 saturated carbocycles. The normalized spacial score (nSPS) is 10.8. The number of benzene rings is 1. The van der Waals surface area contributed by atoms with Crippen molar-refractivity contribution in [2.24, 2.45) is 0 Å². The lowest BCUT2D eigenvalue weighted by Gasteiger charge is -2.06. The van der Waals surface area contributed by atoms with E-state index < -0.39 is 11.6 Å². The first-order chi connectivity index (χ1) is 8.74. The van der Waals surface area contributed by atoms with Gasteiger partial charge in [0, 0.05) is 6.07 Å². The molecule has 0 aliphatic carbocycles. The van der Waals surface area contributed by atoms with Crippen LogP contribution in [0.4, 0.5) is 8.78 Å². The Kier molecular flexibility index (Phi) is 2.64. The van der Waals surface area contributed by atoms with Crippen LogP contribution in [0, 0.1) is 11.6 Å². The van der Waals surface area contributed by atoms with E-state index in [0.717, 1.165) is 18.2 Å². The van der Waals surface area contributed by atoms with Gasteiger partial charge in [-0.3, -0.25) is 0 Å². The molecule has 0 unspecified atom stereocenters. The average Bonchev–Trinajstić information content (AvgIpc) is 2.83. The molecular formula is C12H6F2N2OS. The van der Waals surface area contributed by atoms with Gasteiger partial charge in [0.1, 0.15) is 16.8 Å². The minimum atomic E-state index is -0.639. The van der Waals surface area contributed by atoms with E-state index in [1.807, 2.05) is 5.38 Å². The molecule has 3 nitrogen and oxygen atoms in total. The summed E-state index contributed by atoms with van der Waals surface area (Å²) < 4.78 is 32.5. The third kappa shape index (κ3) is 1.91. The third-order valence-corrected chi connectivity index (χ3v) is 3.20. The molecule has 0 radical (unpaired) electrons. The molecule has 0 fully saturated rings. The summed E-state index contributed by atoms with van der Waals surface area (Å²) in [7, 11) is 0. The van der Waals surface area contributed by atoms with Crippen LogP contribution in [0.3, 0.4) is 0 Å². The SMILES string of the molecule is Fc1ccc(F)c(Oc2ncnc3ccsc23)c1. The van der Waals surface area contributed by atoms with Crippen molar-refractivity contribution in [1.82, 2.24) is 9.97 Å². The number of aromatic nitrogens is 2. The number of thiophene rings is 1. The Bertz CT molecular complexity index is 714. The molecule has 3 rings (SSSR count). The summed E-state index contributed by atoms with van der Waals surface area (Å²) in [5.41, 5.74) is 0.710. The largest absolute Gasteiger partial charge is 0.434 e. The zero-order valence-electron chi connectivity index (χ0n) is 8.93. The van der Waals surface area contributed by atoms with Gasteiger partial charge in [-0.15, -0.1) is 11.3 Å². The molecule has 0 aliphatic rings. The lowest BCUT2D eigenvalue weighted by atomic mass is 10.3. The second-order valence-corrected chi connectivity index (χ2v) is 4.41. The summed E-state index contributed by atoms with van der Waals surface area (Å²) in [6, 6.07) is 4.83. The van der Waals surface area contributed by atoms with E-state index in [4.69, 9.17) is 4.74 Å². The maximum absolute atomic E-state index is 13.4. The lowest BCUT2D eigenvalue weighted by molar-refractivity contribution is 0.427. The predicted octanol–water partition coefficient (Wildman–Crippen LogP) is 3.76. The van der Waals surface area contributed by atoms with Crippen LogP contribution in [-0.2, 0) is 0 Å². The topological polar surface area (TPSA) is 35.0 Å². The van der Waals surface area contributed by atoms with Crippen LogP contribution in [0.2, 0.25) is 0 Å². The first kappa shape index (κ1) is 11.0. The van der Waals surface area contributed by atoms with Gasteiger partial charge in [-0.1, -0.05) is 0 Å². The van der Waals surface area contributed by atoms with Crippen molar-refractivity contribution in [3.8, 4) is 11.6 Å². The van der Waals surface area contributed by atoms with Gasteiger partial charge in [-0.25, -0.2) is 18.7 Å². The van der Waals surface area contributed by atoms with Crippen LogP contribution in [0.1, 0.15) is 0 Å². The number of fused-ring (bicyclic) bond motifs is 1. The van der Waals surface area contributed by atoms with E-state index in [-0.39, 0.29) is 11.6 Å². The van der Waals surface area contributed by atoms with Crippen molar-refractivity contribution in [3.63, 3.8) is 0 Å². The van der Waals surface area contributed by atoms with Crippen LogP contribution in [0.5, 0.6) is 11.6 Å². The fourth-order valence-corrected chi connectivity index (χ4v) is 2.27. The van der Waals surface area contributed by atoms with Gasteiger partial charge in [0.05, 0.1) is 5.52 Å². The molecule has 0 atom stereocenters. The first-order valence-corrected chi connectivity index (χ1v) is 5.93. The number of nitrogens with zero attached hydrogens (tertiary/aromatic N) is 2. The first-order valence-electron chi connectivity index (χ1n) is 5.05. The standard InChI is InChI=1S/C12H6F2N2OS/c13-7-1-2-8(14)10(5-7)17-12-11-9(3-4-18-11)15-6-16-12/h1-6H. The van der Waals surface area contributed by atoms with Crippen molar-refractivity contribution >= 4 is 21.6 Å². The van der Waals surface area contributed by atoms with Crippen LogP contribution in [0.15, 0.2) is 36.0 Å². The Morgan fingerprint density at radius 2 is 2.00 bits per heavy atom. The zero-order valence-corrected chi connectivity index (χ0v) is 9.75. The minimum Gasteiger partial charge on any atom is -0.434 e. The van der Waals surface area contributed by atoms with Crippen LogP contribution in [-0.4, -0.2) is 9.97 Å². The Balaban J connectivity index is 2.06. The summed E-state index contributed by atoms with van der Waals surface area (Å²) >= 11 is 1.38. The smallest absolute Gasteiger partial charge is 0.240 e. The van der Waals surface area contributed by atoms with E-state index >= 15 is 0 Å². The molecule has 3 aromatic rings. The maximum Gasteiger partial charge on any atom is 0.240 e. The molecule has 0 N–H and O–H groups in total. The number of hydrogen-bond acceptors (Lipinski definition) is 4. The second-order valence-electron chi connectivity index (χ2n) is 3.49. The van der Waals surface area contributed by atoms with E-state index in [1.165, 1.54) is 17.7 Å². The van der Waals surface area contributed by atoms with E-state index in [0.29, 0.717) is 10.2 Å². The fourth-order valence-electron chi connectivity index (χ4n) is 1.50. The highest BCUT2D eigenvalue weighted by Gasteiger charge is 2.11. The Labute approximate surface area is 105 Å². The monoisotopic (exact) mass is 264 g/mol. The van der Waals surface area contributed by atoms with Crippen LogP contribution in [0.25, 0.3) is 10.2 Å². The van der Waals surface area contributed by atoms with Crippen molar-refractivity contribution in [1.29, 1.82) is 0 Å². The Morgan fingerprint density at radius 1 is 1.11 bits per heavy atom. The summed E-state index contributed by atoms with van der Waals surface area (Å²) in [5.74, 6) is -1.18. The Hall–Kier alpha value is -2.08. The van der Waals surface area contributed by atoms with E-state index in [2.05, 4.69) is 9.97 Å². The Morgan fingerprint density at radius 3 is 2.89 bits per heavy atom. The highest BCUT2D eigenvalue weighted by Crippen LogP contribution is 2.31. The molecule has 90 valence electrons. The lowest BCUT2D eigenvalue weighted by Crippen LogP contribution is -1.92. The molecule has 2 heterocycles. The van der Waals surface area contributed by atoms with Crippen LogP contribution >= 0.6 is 11.3 Å². The molecule has 18 heavy (non-hydrogen) atoms. The number of halogens is 2. The molecule has 0 amide bonds. The van der Waals surface area contributed by atoms with Gasteiger partial charge < -0.3 is 4.74 Å². The highest BCUT2D eigenvalue weighted by molar-refractivity contribution is 7.17. The van der Waals surface area contributed by atoms with Gasteiger partial charge in [-0.2, -0.15) is 0 Å². The summed E-state index contributed by atoms with van der Waals surface area (Å²) in [6.07, 6.45) is 1.32. The van der Waals surface area contributed by atoms with Gasteiger partial charge in [-0.05, 0) is 23.6 Å². The van der Waals surface area contributed by atoms with Gasteiger partial charge >= 0.3 is 0 Å². The van der Waals surface area contributed by atoms with E-state index in [9.17, 15) is 8.78 Å². The molecule has 6 heteroatoms. The molecule has 0 bridgehead atoms. The summed E-state index contributed by atoms with van der Waals surface area (Å²) in [6.45, 7) is 0. The van der Waals surface area contributed by atoms with Crippen molar-refractivity contribution in [2.45, 2.75) is 0 Å². The maximum atomic E-state index is 13.4. The molecule has 2 aromatic heterocycles. The van der Waals surface area contributed by atoms with Crippen molar-refractivity contribution in [3.05, 3.63) is 47.6 Å². The van der Waals surface area contributed by atoms with Crippen molar-refractivity contribution < 1.29 is 13.5 Å². The molecule has 1 aromatic carbocycles. The number of ether oxygens (including phenoxy) is 1. The van der Waals surface area contributed by atoms with Crippen LogP contribution < -0.4 is 4.74 Å². The predicted molar refractivity (Wildman–Crippen MR) is 63.8 cm³/mol. The fraction of sp³-hybridized carbons (Fsp3) is 0. The molecule has 0 spiro atoms. The summed E-state index contributed by atoms with van der Waals surface area (Å²) in [4.78, 5) is 7.97. The molecular weight excluding hydrogens is 258 g/mol. The number of hydrogen-bond donors (Lipinski definition) is 0. The van der Waals surface area contributed by atoms with Gasteiger partial charge in [0.25, 0.3) is 0 Å². The molecule has 0 aliphatic heterocycles. The van der Waals surface area contributed by atoms with Gasteiger partial charge in [0.15, 0.2) is 11.6 Å².